The first-order chi connectivity index (χ1) is 10.3. The average molecular weight is 280 g/mol. The molecule has 0 radical (unpaired) electrons. The Hall–Kier alpha value is -2.61. The number of nitrogens with one attached hydrogen (secondary N) is 1. The highest BCUT2D eigenvalue weighted by Crippen LogP contribution is 2.23. The van der Waals surface area contributed by atoms with Gasteiger partial charge in [0, 0.05) is 18.0 Å². The molecular weight excluding hydrogens is 264 g/mol. The predicted molar refractivity (Wildman–Crippen MR) is 79.4 cm³/mol. The van der Waals surface area contributed by atoms with Crippen LogP contribution in [-0.4, -0.2) is 16.1 Å². The first kappa shape index (κ1) is 13.4. The molecule has 21 heavy (non-hydrogen) atoms. The number of aromatic nitrogens is 2. The Morgan fingerprint density at radius 1 is 1.14 bits per heavy atom. The molecule has 1 aromatic heterocycles. The second-order valence-electron chi connectivity index (χ2n) is 5.06. The Bertz CT molecular complexity index is 642. The predicted octanol–water partition coefficient (Wildman–Crippen LogP) is 3.41. The summed E-state index contributed by atoms with van der Waals surface area (Å²) in [4.78, 5) is 8.55. The molecule has 1 aliphatic carbocycles. The van der Waals surface area contributed by atoms with Crippen LogP contribution in [0.15, 0.2) is 36.5 Å². The summed E-state index contributed by atoms with van der Waals surface area (Å²) in [6, 6.07) is 11.0. The minimum Gasteiger partial charge on any atom is -0.474 e. The normalized spacial score (nSPS) is 14.6. The van der Waals surface area contributed by atoms with E-state index in [1.807, 2.05) is 12.1 Å². The molecule has 2 aromatic rings. The average Bonchev–Trinajstić information content (AvgIpc) is 3.01. The molecule has 0 spiro atoms. The lowest BCUT2D eigenvalue weighted by molar-refractivity contribution is 0.201. The van der Waals surface area contributed by atoms with Gasteiger partial charge in [-0.1, -0.05) is 0 Å². The largest absolute Gasteiger partial charge is 0.474 e. The van der Waals surface area contributed by atoms with E-state index in [9.17, 15) is 0 Å². The zero-order valence-electron chi connectivity index (χ0n) is 11.6. The van der Waals surface area contributed by atoms with E-state index < -0.39 is 0 Å². The van der Waals surface area contributed by atoms with E-state index in [-0.39, 0.29) is 6.10 Å². The summed E-state index contributed by atoms with van der Waals surface area (Å²) >= 11 is 0. The number of benzene rings is 1. The number of hydrogen-bond donors (Lipinski definition) is 1. The molecule has 0 atom stereocenters. The standard InChI is InChI=1S/C16H16N4O/c17-11-12-5-7-13(8-6-12)19-16-18-10-9-15(20-16)21-14-3-1-2-4-14/h5-10,14H,1-4H2,(H,18,19,20). The topological polar surface area (TPSA) is 70.8 Å². The Morgan fingerprint density at radius 3 is 2.62 bits per heavy atom. The first-order valence-electron chi connectivity index (χ1n) is 7.10. The number of ether oxygens (including phenoxy) is 1. The fourth-order valence-electron chi connectivity index (χ4n) is 2.40. The number of rotatable bonds is 4. The summed E-state index contributed by atoms with van der Waals surface area (Å²) in [6.07, 6.45) is 6.62. The molecule has 1 aromatic carbocycles. The van der Waals surface area contributed by atoms with Gasteiger partial charge < -0.3 is 10.1 Å². The second-order valence-corrected chi connectivity index (χ2v) is 5.06. The van der Waals surface area contributed by atoms with Gasteiger partial charge in [0.2, 0.25) is 11.8 Å². The third-order valence-electron chi connectivity index (χ3n) is 3.49. The maximum atomic E-state index is 8.78. The number of nitrogens with zero attached hydrogens (tertiary/aromatic N) is 3. The lowest BCUT2D eigenvalue weighted by atomic mass is 10.2. The van der Waals surface area contributed by atoms with Crippen molar-refractivity contribution < 1.29 is 4.74 Å². The molecule has 1 aliphatic rings. The van der Waals surface area contributed by atoms with Crippen LogP contribution in [0.2, 0.25) is 0 Å². The van der Waals surface area contributed by atoms with E-state index >= 15 is 0 Å². The van der Waals surface area contributed by atoms with Gasteiger partial charge in [-0.15, -0.1) is 0 Å². The molecule has 0 unspecified atom stereocenters. The van der Waals surface area contributed by atoms with E-state index in [0.717, 1.165) is 18.5 Å². The zero-order valence-corrected chi connectivity index (χ0v) is 11.6. The number of hydrogen-bond acceptors (Lipinski definition) is 5. The molecule has 0 aliphatic heterocycles. The number of anilines is 2. The fourth-order valence-corrected chi connectivity index (χ4v) is 2.40. The molecule has 1 fully saturated rings. The van der Waals surface area contributed by atoms with Crippen molar-refractivity contribution >= 4 is 11.6 Å². The minimum atomic E-state index is 0.280. The Labute approximate surface area is 123 Å². The van der Waals surface area contributed by atoms with Crippen molar-refractivity contribution in [3.63, 3.8) is 0 Å². The van der Waals surface area contributed by atoms with E-state index in [0.29, 0.717) is 17.4 Å². The van der Waals surface area contributed by atoms with Crippen LogP contribution in [0, 0.1) is 11.3 Å². The highest BCUT2D eigenvalue weighted by Gasteiger charge is 2.17. The molecule has 5 nitrogen and oxygen atoms in total. The first-order valence-corrected chi connectivity index (χ1v) is 7.10. The SMILES string of the molecule is N#Cc1ccc(Nc2nccc(OC3CCCC3)n2)cc1. The van der Waals surface area contributed by atoms with E-state index in [2.05, 4.69) is 21.4 Å². The summed E-state index contributed by atoms with van der Waals surface area (Å²) in [5, 5.41) is 11.9. The smallest absolute Gasteiger partial charge is 0.230 e. The molecule has 1 heterocycles. The van der Waals surface area contributed by atoms with Gasteiger partial charge in [-0.3, -0.25) is 0 Å². The van der Waals surface area contributed by atoms with Gasteiger partial charge in [-0.05, 0) is 49.9 Å². The quantitative estimate of drug-likeness (QED) is 0.929. The van der Waals surface area contributed by atoms with Gasteiger partial charge >= 0.3 is 0 Å². The van der Waals surface area contributed by atoms with E-state index in [1.165, 1.54) is 12.8 Å². The summed E-state index contributed by atoms with van der Waals surface area (Å²) in [7, 11) is 0. The molecule has 5 heteroatoms. The monoisotopic (exact) mass is 280 g/mol. The van der Waals surface area contributed by atoms with E-state index in [4.69, 9.17) is 10.00 Å². The van der Waals surface area contributed by atoms with Gasteiger partial charge in [0.25, 0.3) is 0 Å². The number of nitriles is 1. The molecular formula is C16H16N4O. The molecule has 3 rings (SSSR count). The molecule has 0 saturated heterocycles. The minimum absolute atomic E-state index is 0.280. The summed E-state index contributed by atoms with van der Waals surface area (Å²) < 4.78 is 5.86. The molecule has 1 N–H and O–H groups in total. The Balaban J connectivity index is 1.68. The zero-order chi connectivity index (χ0) is 14.5. The van der Waals surface area contributed by atoms with E-state index in [1.54, 1.807) is 24.4 Å². The van der Waals surface area contributed by atoms with Crippen LogP contribution in [0.5, 0.6) is 5.88 Å². The van der Waals surface area contributed by atoms with Crippen molar-refractivity contribution in [2.45, 2.75) is 31.8 Å². The molecule has 0 amide bonds. The molecule has 106 valence electrons. The van der Waals surface area contributed by atoms with Crippen molar-refractivity contribution in [3.05, 3.63) is 42.1 Å². The van der Waals surface area contributed by atoms with Gasteiger partial charge in [-0.25, -0.2) is 4.98 Å². The van der Waals surface area contributed by atoms with Crippen LogP contribution in [0.3, 0.4) is 0 Å². The second kappa shape index (κ2) is 6.23. The summed E-state index contributed by atoms with van der Waals surface area (Å²) in [6.45, 7) is 0. The summed E-state index contributed by atoms with van der Waals surface area (Å²) in [5.74, 6) is 1.10. The fraction of sp³-hybridized carbons (Fsp3) is 0.312. The maximum Gasteiger partial charge on any atom is 0.230 e. The maximum absolute atomic E-state index is 8.78. The summed E-state index contributed by atoms with van der Waals surface area (Å²) in [5.41, 5.74) is 1.46. The van der Waals surface area contributed by atoms with Crippen LogP contribution in [0.1, 0.15) is 31.2 Å². The van der Waals surface area contributed by atoms with Crippen molar-refractivity contribution in [1.82, 2.24) is 9.97 Å². The van der Waals surface area contributed by atoms with Crippen LogP contribution < -0.4 is 10.1 Å². The molecule has 0 bridgehead atoms. The lowest BCUT2D eigenvalue weighted by Gasteiger charge is -2.12. The third kappa shape index (κ3) is 3.48. The Morgan fingerprint density at radius 2 is 1.90 bits per heavy atom. The van der Waals surface area contributed by atoms with Gasteiger partial charge in [0.15, 0.2) is 0 Å². The van der Waals surface area contributed by atoms with Crippen molar-refractivity contribution in [2.24, 2.45) is 0 Å². The highest BCUT2D eigenvalue weighted by molar-refractivity contribution is 5.54. The van der Waals surface area contributed by atoms with Crippen molar-refractivity contribution in [2.75, 3.05) is 5.32 Å². The van der Waals surface area contributed by atoms with Crippen LogP contribution in [-0.2, 0) is 0 Å². The Kier molecular flexibility index (Phi) is 3.97. The van der Waals surface area contributed by atoms with Crippen LogP contribution in [0.25, 0.3) is 0 Å². The van der Waals surface area contributed by atoms with Crippen molar-refractivity contribution in [3.8, 4) is 11.9 Å². The van der Waals surface area contributed by atoms with Gasteiger partial charge in [0.05, 0.1) is 11.6 Å². The van der Waals surface area contributed by atoms with Crippen LogP contribution in [0.4, 0.5) is 11.6 Å². The lowest BCUT2D eigenvalue weighted by Crippen LogP contribution is -2.12. The van der Waals surface area contributed by atoms with Crippen molar-refractivity contribution in [1.29, 1.82) is 5.26 Å². The van der Waals surface area contributed by atoms with Gasteiger partial charge in [-0.2, -0.15) is 10.2 Å². The highest BCUT2D eigenvalue weighted by atomic mass is 16.5. The van der Waals surface area contributed by atoms with Crippen LogP contribution >= 0.6 is 0 Å². The third-order valence-corrected chi connectivity index (χ3v) is 3.49. The molecule has 1 saturated carbocycles. The van der Waals surface area contributed by atoms with Gasteiger partial charge in [0.1, 0.15) is 6.10 Å².